The molecule has 1 aliphatic rings. The van der Waals surface area contributed by atoms with E-state index in [1.54, 1.807) is 22.0 Å². The fourth-order valence-corrected chi connectivity index (χ4v) is 3.26. The maximum absolute atomic E-state index is 12.4. The van der Waals surface area contributed by atoms with E-state index in [-0.39, 0.29) is 17.2 Å². The Morgan fingerprint density at radius 3 is 2.95 bits per heavy atom. The molecule has 1 aliphatic heterocycles. The quantitative estimate of drug-likeness (QED) is 0.813. The summed E-state index contributed by atoms with van der Waals surface area (Å²) < 4.78 is 7.29. The lowest BCUT2D eigenvalue weighted by molar-refractivity contribution is 0.0962. The second kappa shape index (κ2) is 5.73. The van der Waals surface area contributed by atoms with Crippen LogP contribution in [0.15, 0.2) is 34.4 Å². The van der Waals surface area contributed by atoms with Crippen LogP contribution in [-0.4, -0.2) is 23.6 Å². The summed E-state index contributed by atoms with van der Waals surface area (Å²) in [5.74, 6) is 0. The first-order valence-electron chi connectivity index (χ1n) is 6.64. The third-order valence-corrected chi connectivity index (χ3v) is 4.41. The second-order valence-electron chi connectivity index (χ2n) is 4.82. The largest absolute Gasteiger partial charge is 0.376 e. The summed E-state index contributed by atoms with van der Waals surface area (Å²) in [5.41, 5.74) is 0.816. The maximum Gasteiger partial charge on any atom is 0.261 e. The number of carbonyl (C=O) groups excluding carboxylic acids is 1. The van der Waals surface area contributed by atoms with Crippen molar-refractivity contribution in [2.75, 3.05) is 6.61 Å². The molecule has 3 heterocycles. The number of carbonyl (C=O) groups is 1. The summed E-state index contributed by atoms with van der Waals surface area (Å²) in [4.78, 5) is 24.4. The molecule has 1 fully saturated rings. The lowest BCUT2D eigenvalue weighted by Gasteiger charge is -2.16. The van der Waals surface area contributed by atoms with E-state index in [4.69, 9.17) is 4.74 Å². The van der Waals surface area contributed by atoms with Gasteiger partial charge in [0.2, 0.25) is 0 Å². The zero-order chi connectivity index (χ0) is 13.9. The Labute approximate surface area is 120 Å². The minimum atomic E-state index is -0.235. The lowest BCUT2D eigenvalue weighted by atomic mass is 10.2. The van der Waals surface area contributed by atoms with Crippen molar-refractivity contribution >= 4 is 17.6 Å². The van der Waals surface area contributed by atoms with Crippen molar-refractivity contribution in [2.45, 2.75) is 25.5 Å². The van der Waals surface area contributed by atoms with Gasteiger partial charge in [-0.15, -0.1) is 11.3 Å². The van der Waals surface area contributed by atoms with E-state index in [9.17, 15) is 9.59 Å². The molecule has 3 rings (SSSR count). The first-order valence-corrected chi connectivity index (χ1v) is 7.52. The van der Waals surface area contributed by atoms with Crippen LogP contribution in [0.1, 0.15) is 23.2 Å². The highest BCUT2D eigenvalue weighted by Crippen LogP contribution is 2.25. The molecule has 2 aromatic rings. The van der Waals surface area contributed by atoms with Gasteiger partial charge in [-0.2, -0.15) is 0 Å². The van der Waals surface area contributed by atoms with E-state index in [2.05, 4.69) is 0 Å². The molecule has 1 atom stereocenters. The minimum Gasteiger partial charge on any atom is -0.376 e. The minimum absolute atomic E-state index is 0.0633. The van der Waals surface area contributed by atoms with Crippen molar-refractivity contribution in [1.82, 2.24) is 4.57 Å². The molecule has 0 bridgehead atoms. The van der Waals surface area contributed by atoms with Gasteiger partial charge >= 0.3 is 0 Å². The topological polar surface area (TPSA) is 48.3 Å². The summed E-state index contributed by atoms with van der Waals surface area (Å²) in [6.07, 6.45) is 2.67. The zero-order valence-electron chi connectivity index (χ0n) is 11.0. The predicted octanol–water partition coefficient (Wildman–Crippen LogP) is 2.57. The molecule has 0 saturated carbocycles. The van der Waals surface area contributed by atoms with Gasteiger partial charge in [0.25, 0.3) is 5.56 Å². The van der Waals surface area contributed by atoms with Crippen LogP contribution in [-0.2, 0) is 11.3 Å². The van der Waals surface area contributed by atoms with Gasteiger partial charge in [0, 0.05) is 6.61 Å². The van der Waals surface area contributed by atoms with E-state index in [1.165, 1.54) is 0 Å². The zero-order valence-corrected chi connectivity index (χ0v) is 11.8. The maximum atomic E-state index is 12.4. The molecule has 0 amide bonds. The van der Waals surface area contributed by atoms with Gasteiger partial charge in [0.05, 0.1) is 28.8 Å². The predicted molar refractivity (Wildman–Crippen MR) is 78.4 cm³/mol. The molecular weight excluding hydrogens is 274 g/mol. The second-order valence-corrected chi connectivity index (χ2v) is 5.77. The highest BCUT2D eigenvalue weighted by Gasteiger charge is 2.19. The van der Waals surface area contributed by atoms with Crippen LogP contribution >= 0.6 is 11.3 Å². The standard InChI is InChI=1S/C15H15NO3S/c17-10-11-5-6-13(14-4-2-8-20-14)16(15(11)18)9-12-3-1-7-19-12/h2,4-6,8,10,12H,1,3,7,9H2. The Hall–Kier alpha value is -1.72. The Morgan fingerprint density at radius 2 is 2.30 bits per heavy atom. The van der Waals surface area contributed by atoms with Gasteiger partial charge < -0.3 is 9.30 Å². The first-order chi connectivity index (χ1) is 9.79. The van der Waals surface area contributed by atoms with Gasteiger partial charge in [0.1, 0.15) is 0 Å². The van der Waals surface area contributed by atoms with Crippen LogP contribution in [0.5, 0.6) is 0 Å². The lowest BCUT2D eigenvalue weighted by Crippen LogP contribution is -2.29. The Bertz CT molecular complexity index is 654. The molecule has 0 aliphatic carbocycles. The molecule has 104 valence electrons. The van der Waals surface area contributed by atoms with Crippen molar-refractivity contribution in [3.63, 3.8) is 0 Å². The average Bonchev–Trinajstić information content (AvgIpc) is 3.13. The number of rotatable bonds is 4. The monoisotopic (exact) mass is 289 g/mol. The Morgan fingerprint density at radius 1 is 1.40 bits per heavy atom. The highest BCUT2D eigenvalue weighted by atomic mass is 32.1. The number of pyridine rings is 1. The van der Waals surface area contributed by atoms with Crippen molar-refractivity contribution < 1.29 is 9.53 Å². The molecular formula is C15H15NO3S. The molecule has 2 aromatic heterocycles. The van der Waals surface area contributed by atoms with Gasteiger partial charge in [-0.1, -0.05) is 6.07 Å². The smallest absolute Gasteiger partial charge is 0.261 e. The van der Waals surface area contributed by atoms with E-state index in [0.29, 0.717) is 12.8 Å². The summed E-state index contributed by atoms with van der Waals surface area (Å²) >= 11 is 1.58. The molecule has 0 radical (unpaired) electrons. The molecule has 1 saturated heterocycles. The van der Waals surface area contributed by atoms with Crippen LogP contribution < -0.4 is 5.56 Å². The SMILES string of the molecule is O=Cc1ccc(-c2cccs2)n(CC2CCCO2)c1=O. The number of aromatic nitrogens is 1. The fourth-order valence-electron chi connectivity index (χ4n) is 2.50. The molecule has 1 unspecified atom stereocenters. The number of hydrogen-bond donors (Lipinski definition) is 0. The van der Waals surface area contributed by atoms with Crippen LogP contribution in [0.25, 0.3) is 10.6 Å². The highest BCUT2D eigenvalue weighted by molar-refractivity contribution is 7.13. The first kappa shape index (κ1) is 13.3. The number of ether oxygens (including phenoxy) is 1. The number of nitrogens with zero attached hydrogens (tertiary/aromatic N) is 1. The van der Waals surface area contributed by atoms with E-state index >= 15 is 0 Å². The molecule has 4 nitrogen and oxygen atoms in total. The van der Waals surface area contributed by atoms with E-state index in [1.807, 2.05) is 23.6 Å². The third-order valence-electron chi connectivity index (χ3n) is 3.51. The summed E-state index contributed by atoms with van der Waals surface area (Å²) in [6, 6.07) is 7.36. The van der Waals surface area contributed by atoms with Gasteiger partial charge in [-0.05, 0) is 36.4 Å². The van der Waals surface area contributed by atoms with Gasteiger partial charge in [0.15, 0.2) is 6.29 Å². The number of aldehydes is 1. The third kappa shape index (κ3) is 2.46. The number of hydrogen-bond acceptors (Lipinski definition) is 4. The van der Waals surface area contributed by atoms with E-state index in [0.717, 1.165) is 30.0 Å². The summed E-state index contributed by atoms with van der Waals surface area (Å²) in [5, 5.41) is 1.98. The molecule has 0 spiro atoms. The fraction of sp³-hybridized carbons (Fsp3) is 0.333. The molecule has 20 heavy (non-hydrogen) atoms. The number of thiophene rings is 1. The van der Waals surface area contributed by atoms with Gasteiger partial charge in [-0.3, -0.25) is 9.59 Å². The molecule has 0 aromatic carbocycles. The normalized spacial score (nSPS) is 18.3. The van der Waals surface area contributed by atoms with Gasteiger partial charge in [-0.25, -0.2) is 0 Å². The van der Waals surface area contributed by atoms with Crippen molar-refractivity contribution in [3.05, 3.63) is 45.6 Å². The average molecular weight is 289 g/mol. The molecule has 5 heteroatoms. The van der Waals surface area contributed by atoms with Crippen molar-refractivity contribution in [3.8, 4) is 10.6 Å². The van der Waals surface area contributed by atoms with Crippen LogP contribution in [0, 0.1) is 0 Å². The van der Waals surface area contributed by atoms with Crippen LogP contribution in [0.2, 0.25) is 0 Å². The van der Waals surface area contributed by atoms with Crippen LogP contribution in [0.3, 0.4) is 0 Å². The summed E-state index contributed by atoms with van der Waals surface area (Å²) in [7, 11) is 0. The van der Waals surface area contributed by atoms with Crippen molar-refractivity contribution in [1.29, 1.82) is 0 Å². The van der Waals surface area contributed by atoms with Crippen molar-refractivity contribution in [2.24, 2.45) is 0 Å². The Kier molecular flexibility index (Phi) is 3.80. The summed E-state index contributed by atoms with van der Waals surface area (Å²) in [6.45, 7) is 1.26. The Balaban J connectivity index is 2.07. The molecule has 0 N–H and O–H groups in total. The van der Waals surface area contributed by atoms with E-state index < -0.39 is 0 Å². The van der Waals surface area contributed by atoms with Crippen LogP contribution in [0.4, 0.5) is 0 Å².